The fraction of sp³-hybridized carbons (Fsp3) is 0.194. The van der Waals surface area contributed by atoms with Gasteiger partial charge in [-0.05, 0) is 53.1 Å². The van der Waals surface area contributed by atoms with Crippen molar-refractivity contribution in [3.63, 3.8) is 0 Å². The highest BCUT2D eigenvalue weighted by Gasteiger charge is 2.47. The second kappa shape index (κ2) is 9.20. The van der Waals surface area contributed by atoms with Gasteiger partial charge < -0.3 is 18.9 Å². The zero-order chi connectivity index (χ0) is 25.6. The minimum absolute atomic E-state index is 0.102. The summed E-state index contributed by atoms with van der Waals surface area (Å²) in [5, 5.41) is -0.102. The van der Waals surface area contributed by atoms with E-state index in [-0.39, 0.29) is 17.3 Å². The molecule has 0 spiro atoms. The third-order valence-electron chi connectivity index (χ3n) is 7.11. The summed E-state index contributed by atoms with van der Waals surface area (Å²) >= 11 is 1.77. The normalized spacial score (nSPS) is 22.5. The summed E-state index contributed by atoms with van der Waals surface area (Å²) in [5.41, 5.74) is 5.57. The number of thioether (sulfide) groups is 1. The van der Waals surface area contributed by atoms with Crippen LogP contribution in [0.5, 0.6) is 11.5 Å². The monoisotopic (exact) mass is 510 g/mol. The Morgan fingerprint density at radius 3 is 2.16 bits per heavy atom. The van der Waals surface area contributed by atoms with E-state index in [1.165, 1.54) is 7.11 Å². The second-order valence-corrected chi connectivity index (χ2v) is 10.5. The summed E-state index contributed by atoms with van der Waals surface area (Å²) in [5.74, 6) is 1.96. The average Bonchev–Trinajstić information content (AvgIpc) is 3.36. The van der Waals surface area contributed by atoms with Gasteiger partial charge >= 0.3 is 5.97 Å². The lowest BCUT2D eigenvalue weighted by atomic mass is 9.83. The van der Waals surface area contributed by atoms with E-state index in [1.807, 2.05) is 54.6 Å². The highest BCUT2D eigenvalue weighted by atomic mass is 32.2. The number of hydrogen-bond acceptors (Lipinski definition) is 6. The highest BCUT2D eigenvalue weighted by Crippen LogP contribution is 2.58. The number of ether oxygens (including phenoxy) is 4. The zero-order valence-electron chi connectivity index (χ0n) is 20.8. The van der Waals surface area contributed by atoms with Crippen molar-refractivity contribution in [1.29, 1.82) is 0 Å². The van der Waals surface area contributed by atoms with Gasteiger partial charge in [0.15, 0.2) is 0 Å². The van der Waals surface area contributed by atoms with E-state index in [0.29, 0.717) is 5.57 Å². The van der Waals surface area contributed by atoms with E-state index in [4.69, 9.17) is 18.9 Å². The van der Waals surface area contributed by atoms with Gasteiger partial charge in [0.25, 0.3) is 0 Å². The van der Waals surface area contributed by atoms with Crippen LogP contribution in [0.2, 0.25) is 0 Å². The summed E-state index contributed by atoms with van der Waals surface area (Å²) < 4.78 is 22.1. The molecule has 6 heteroatoms. The molecule has 2 unspecified atom stereocenters. The van der Waals surface area contributed by atoms with Crippen LogP contribution in [0.4, 0.5) is 0 Å². The molecule has 0 aromatic heterocycles. The number of esters is 1. The molecule has 0 amide bonds. The predicted octanol–water partition coefficient (Wildman–Crippen LogP) is 5.81. The number of methoxy groups -OCH3 is 3. The Kier molecular flexibility index (Phi) is 5.84. The summed E-state index contributed by atoms with van der Waals surface area (Å²) in [6.07, 6.45) is 14.2. The van der Waals surface area contributed by atoms with Crippen LogP contribution in [0, 0.1) is 0 Å². The van der Waals surface area contributed by atoms with Crippen molar-refractivity contribution in [3.05, 3.63) is 130 Å². The standard InChI is InChI=1S/C31H26O5S/c1-33-22-12-8-20(9-13-22)31(21-10-14-23(34-2)15-11-21)18-26-28(37-31)17-25(30(32)35-3)24-16-19-6-4-5-7-27(19)36-29(24)26/h4-18,27-28H,1-3H3. The lowest BCUT2D eigenvalue weighted by Crippen LogP contribution is -2.26. The minimum atomic E-state index is -0.519. The van der Waals surface area contributed by atoms with E-state index >= 15 is 0 Å². The van der Waals surface area contributed by atoms with Crippen molar-refractivity contribution in [2.24, 2.45) is 0 Å². The molecule has 2 aliphatic carbocycles. The molecule has 0 bridgehead atoms. The minimum Gasteiger partial charge on any atom is -0.497 e. The van der Waals surface area contributed by atoms with Crippen LogP contribution < -0.4 is 9.47 Å². The van der Waals surface area contributed by atoms with Gasteiger partial charge in [0.05, 0.1) is 36.9 Å². The summed E-state index contributed by atoms with van der Waals surface area (Å²) in [6, 6.07) is 16.3. The average molecular weight is 511 g/mol. The molecule has 37 heavy (non-hydrogen) atoms. The molecule has 5 nitrogen and oxygen atoms in total. The van der Waals surface area contributed by atoms with Crippen molar-refractivity contribution >= 4 is 17.7 Å². The molecule has 4 aliphatic rings. The van der Waals surface area contributed by atoms with Crippen molar-refractivity contribution in [3.8, 4) is 11.5 Å². The quantitative estimate of drug-likeness (QED) is 0.474. The molecule has 0 N–H and O–H groups in total. The van der Waals surface area contributed by atoms with Crippen molar-refractivity contribution < 1.29 is 23.7 Å². The molecule has 186 valence electrons. The maximum absolute atomic E-state index is 12.9. The largest absolute Gasteiger partial charge is 0.497 e. The summed E-state index contributed by atoms with van der Waals surface area (Å²) in [6.45, 7) is 0. The van der Waals surface area contributed by atoms with Gasteiger partial charge in [0.1, 0.15) is 23.4 Å². The summed E-state index contributed by atoms with van der Waals surface area (Å²) in [4.78, 5) is 12.9. The zero-order valence-corrected chi connectivity index (χ0v) is 21.6. The third kappa shape index (κ3) is 3.83. The Morgan fingerprint density at radius 2 is 1.57 bits per heavy atom. The molecule has 0 saturated heterocycles. The van der Waals surface area contributed by atoms with Crippen LogP contribution >= 0.6 is 11.8 Å². The van der Waals surface area contributed by atoms with Gasteiger partial charge in [-0.15, -0.1) is 11.8 Å². The smallest absolute Gasteiger partial charge is 0.338 e. The first-order valence-electron chi connectivity index (χ1n) is 12.0. The lowest BCUT2D eigenvalue weighted by molar-refractivity contribution is -0.135. The van der Waals surface area contributed by atoms with E-state index in [0.717, 1.165) is 45.1 Å². The number of hydrogen-bond donors (Lipinski definition) is 0. The number of benzene rings is 2. The molecule has 2 atom stereocenters. The Hall–Kier alpha value is -3.90. The van der Waals surface area contributed by atoms with Crippen molar-refractivity contribution in [1.82, 2.24) is 0 Å². The molecule has 6 rings (SSSR count). The van der Waals surface area contributed by atoms with Crippen molar-refractivity contribution in [2.45, 2.75) is 16.1 Å². The molecule has 0 saturated carbocycles. The van der Waals surface area contributed by atoms with Crippen LogP contribution in [0.25, 0.3) is 0 Å². The number of fused-ring (bicyclic) bond motifs is 3. The predicted molar refractivity (Wildman–Crippen MR) is 145 cm³/mol. The SMILES string of the molecule is COC(=O)C1=CC2SC(c3ccc(OC)cc3)(c3ccc(OC)cc3)C=C2C2=C1C=C1C=CC=CC1O2. The second-order valence-electron chi connectivity index (χ2n) is 9.07. The van der Waals surface area contributed by atoms with Crippen LogP contribution in [-0.2, 0) is 19.0 Å². The Morgan fingerprint density at radius 1 is 0.919 bits per heavy atom. The van der Waals surface area contributed by atoms with Crippen LogP contribution in [0.3, 0.4) is 0 Å². The van der Waals surface area contributed by atoms with E-state index in [2.05, 4.69) is 36.4 Å². The van der Waals surface area contributed by atoms with E-state index in [9.17, 15) is 4.79 Å². The third-order valence-corrected chi connectivity index (χ3v) is 8.71. The van der Waals surface area contributed by atoms with Gasteiger partial charge in [0.2, 0.25) is 0 Å². The van der Waals surface area contributed by atoms with Crippen LogP contribution in [0.15, 0.2) is 119 Å². The van der Waals surface area contributed by atoms with E-state index in [1.54, 1.807) is 26.0 Å². The first-order chi connectivity index (χ1) is 18.1. The van der Waals surface area contributed by atoms with Gasteiger partial charge in [-0.1, -0.05) is 54.6 Å². The molecule has 0 radical (unpaired) electrons. The fourth-order valence-corrected chi connectivity index (χ4v) is 6.86. The molecular weight excluding hydrogens is 484 g/mol. The number of carbonyl (C=O) groups excluding carboxylic acids is 1. The Bertz CT molecular complexity index is 1390. The molecule has 2 aliphatic heterocycles. The maximum Gasteiger partial charge on any atom is 0.338 e. The van der Waals surface area contributed by atoms with Gasteiger partial charge in [0, 0.05) is 11.1 Å². The molecule has 0 fully saturated rings. The molecule has 2 aromatic rings. The van der Waals surface area contributed by atoms with Crippen LogP contribution in [0.1, 0.15) is 11.1 Å². The maximum atomic E-state index is 12.9. The van der Waals surface area contributed by atoms with Crippen molar-refractivity contribution in [2.75, 3.05) is 21.3 Å². The Labute approximate surface area is 220 Å². The topological polar surface area (TPSA) is 54.0 Å². The molecule has 2 aromatic carbocycles. The van der Waals surface area contributed by atoms with Gasteiger partial charge in [-0.3, -0.25) is 0 Å². The molecule has 2 heterocycles. The lowest BCUT2D eigenvalue weighted by Gasteiger charge is -2.32. The number of allylic oxidation sites excluding steroid dienone is 4. The van der Waals surface area contributed by atoms with Gasteiger partial charge in [-0.2, -0.15) is 0 Å². The van der Waals surface area contributed by atoms with Crippen LogP contribution in [-0.4, -0.2) is 38.7 Å². The summed E-state index contributed by atoms with van der Waals surface area (Å²) in [7, 11) is 4.75. The highest BCUT2D eigenvalue weighted by molar-refractivity contribution is 8.01. The fourth-order valence-electron chi connectivity index (χ4n) is 5.21. The van der Waals surface area contributed by atoms with Gasteiger partial charge in [-0.25, -0.2) is 4.79 Å². The number of carbonyl (C=O) groups is 1. The Balaban J connectivity index is 1.55. The first-order valence-corrected chi connectivity index (χ1v) is 12.9. The number of rotatable bonds is 5. The first kappa shape index (κ1) is 23.5. The molecular formula is C31H26O5S. The van der Waals surface area contributed by atoms with E-state index < -0.39 is 4.75 Å².